The van der Waals surface area contributed by atoms with Crippen LogP contribution in [0.3, 0.4) is 0 Å². The molecule has 0 saturated carbocycles. The van der Waals surface area contributed by atoms with Crippen LogP contribution >= 0.6 is 11.6 Å². The van der Waals surface area contributed by atoms with Gasteiger partial charge in [0.1, 0.15) is 0 Å². The molecule has 0 radical (unpaired) electrons. The lowest BCUT2D eigenvalue weighted by Gasteiger charge is -2.26. The minimum Gasteiger partial charge on any atom is -0.454 e. The molecule has 18 heavy (non-hydrogen) atoms. The summed E-state index contributed by atoms with van der Waals surface area (Å²) >= 11 is 6.22. The minimum atomic E-state index is 0.222. The van der Waals surface area contributed by atoms with Gasteiger partial charge in [-0.15, -0.1) is 0 Å². The van der Waals surface area contributed by atoms with E-state index in [2.05, 4.69) is 4.90 Å². The lowest BCUT2D eigenvalue weighted by atomic mass is 10.0. The third-order valence-electron chi connectivity index (χ3n) is 3.64. The Morgan fingerprint density at radius 1 is 1.28 bits per heavy atom. The molecule has 3 rings (SSSR count). The highest BCUT2D eigenvalue weighted by molar-refractivity contribution is 6.32. The van der Waals surface area contributed by atoms with Gasteiger partial charge >= 0.3 is 0 Å². The summed E-state index contributed by atoms with van der Waals surface area (Å²) in [7, 11) is 0. The van der Waals surface area contributed by atoms with Gasteiger partial charge in [-0.2, -0.15) is 0 Å². The highest BCUT2D eigenvalue weighted by atomic mass is 35.5. The van der Waals surface area contributed by atoms with E-state index in [1.54, 1.807) is 0 Å². The summed E-state index contributed by atoms with van der Waals surface area (Å²) in [6.45, 7) is 3.05. The Kier molecular flexibility index (Phi) is 3.33. The van der Waals surface area contributed by atoms with Crippen molar-refractivity contribution in [3.63, 3.8) is 0 Å². The first kappa shape index (κ1) is 12.1. The average molecular weight is 269 g/mol. The fourth-order valence-corrected chi connectivity index (χ4v) is 3.00. The molecule has 2 aliphatic rings. The van der Waals surface area contributed by atoms with Crippen molar-refractivity contribution in [3.8, 4) is 11.5 Å². The van der Waals surface area contributed by atoms with Gasteiger partial charge in [-0.05, 0) is 43.6 Å². The van der Waals surface area contributed by atoms with E-state index in [9.17, 15) is 0 Å². The fraction of sp³-hybridized carbons (Fsp3) is 0.538. The quantitative estimate of drug-likeness (QED) is 0.913. The van der Waals surface area contributed by atoms with Crippen molar-refractivity contribution in [2.24, 2.45) is 5.73 Å². The molecule has 0 spiro atoms. The van der Waals surface area contributed by atoms with Crippen LogP contribution in [0, 0.1) is 0 Å². The summed E-state index contributed by atoms with van der Waals surface area (Å²) in [5, 5.41) is 0.609. The van der Waals surface area contributed by atoms with Crippen molar-refractivity contribution < 1.29 is 9.47 Å². The van der Waals surface area contributed by atoms with E-state index in [1.807, 2.05) is 12.1 Å². The van der Waals surface area contributed by atoms with Crippen molar-refractivity contribution in [2.45, 2.75) is 18.9 Å². The van der Waals surface area contributed by atoms with Crippen LogP contribution in [0.1, 0.15) is 24.4 Å². The van der Waals surface area contributed by atoms with Gasteiger partial charge in [0.05, 0.1) is 5.02 Å². The molecule has 2 heterocycles. The molecule has 0 bridgehead atoms. The standard InChI is InChI=1S/C13H17ClN2O2/c14-10-5-9(6-12-13(10)18-8-17-12)11(7-15)16-3-1-2-4-16/h5-6,11H,1-4,7-8,15H2. The Morgan fingerprint density at radius 2 is 2.06 bits per heavy atom. The molecule has 1 unspecified atom stereocenters. The van der Waals surface area contributed by atoms with E-state index in [4.69, 9.17) is 26.8 Å². The van der Waals surface area contributed by atoms with Crippen LogP contribution in [0.15, 0.2) is 12.1 Å². The smallest absolute Gasteiger partial charge is 0.231 e. The Labute approximate surface area is 112 Å². The largest absolute Gasteiger partial charge is 0.454 e. The summed E-state index contributed by atoms with van der Waals surface area (Å²) in [6, 6.07) is 4.18. The van der Waals surface area contributed by atoms with Crippen LogP contribution in [0.4, 0.5) is 0 Å². The van der Waals surface area contributed by atoms with E-state index >= 15 is 0 Å². The van der Waals surface area contributed by atoms with Crippen LogP contribution in [-0.4, -0.2) is 31.3 Å². The Balaban J connectivity index is 1.92. The van der Waals surface area contributed by atoms with Gasteiger partial charge in [-0.1, -0.05) is 11.6 Å². The molecule has 5 heteroatoms. The van der Waals surface area contributed by atoms with Gasteiger partial charge in [-0.25, -0.2) is 0 Å². The maximum Gasteiger partial charge on any atom is 0.231 e. The van der Waals surface area contributed by atoms with Gasteiger partial charge in [-0.3, -0.25) is 4.90 Å². The second kappa shape index (κ2) is 4.96. The van der Waals surface area contributed by atoms with E-state index in [0.29, 0.717) is 17.3 Å². The van der Waals surface area contributed by atoms with Crippen molar-refractivity contribution in [2.75, 3.05) is 26.4 Å². The van der Waals surface area contributed by atoms with E-state index < -0.39 is 0 Å². The lowest BCUT2D eigenvalue weighted by Crippen LogP contribution is -2.31. The van der Waals surface area contributed by atoms with Crippen molar-refractivity contribution in [1.29, 1.82) is 0 Å². The summed E-state index contributed by atoms with van der Waals surface area (Å²) in [4.78, 5) is 2.41. The number of halogens is 1. The molecule has 4 nitrogen and oxygen atoms in total. The van der Waals surface area contributed by atoms with Crippen LogP contribution in [0.2, 0.25) is 5.02 Å². The summed E-state index contributed by atoms with van der Waals surface area (Å²) in [6.07, 6.45) is 2.49. The first-order chi connectivity index (χ1) is 8.79. The van der Waals surface area contributed by atoms with Crippen molar-refractivity contribution >= 4 is 11.6 Å². The van der Waals surface area contributed by atoms with Crippen molar-refractivity contribution in [1.82, 2.24) is 4.90 Å². The third-order valence-corrected chi connectivity index (χ3v) is 3.92. The Morgan fingerprint density at radius 3 is 2.78 bits per heavy atom. The molecule has 1 saturated heterocycles. The normalized spacial score (nSPS) is 20.3. The number of ether oxygens (including phenoxy) is 2. The molecule has 1 aromatic rings. The third kappa shape index (κ3) is 2.05. The maximum absolute atomic E-state index is 6.22. The number of likely N-dealkylation sites (tertiary alicyclic amines) is 1. The zero-order valence-electron chi connectivity index (χ0n) is 10.2. The monoisotopic (exact) mass is 268 g/mol. The second-order valence-corrected chi connectivity index (χ2v) is 5.14. The zero-order chi connectivity index (χ0) is 12.5. The number of nitrogens with two attached hydrogens (primary N) is 1. The van der Waals surface area contributed by atoms with Crippen molar-refractivity contribution in [3.05, 3.63) is 22.7 Å². The molecule has 98 valence electrons. The molecule has 0 aliphatic carbocycles. The predicted molar refractivity (Wildman–Crippen MR) is 70.2 cm³/mol. The number of hydrogen-bond acceptors (Lipinski definition) is 4. The topological polar surface area (TPSA) is 47.7 Å². The van der Waals surface area contributed by atoms with Gasteiger partial charge in [0, 0.05) is 12.6 Å². The molecule has 1 fully saturated rings. The fourth-order valence-electron chi connectivity index (χ4n) is 2.73. The molecule has 1 atom stereocenters. The second-order valence-electron chi connectivity index (χ2n) is 4.73. The first-order valence-corrected chi connectivity index (χ1v) is 6.70. The lowest BCUT2D eigenvalue weighted by molar-refractivity contribution is 0.174. The summed E-state index contributed by atoms with van der Waals surface area (Å²) < 4.78 is 10.7. The zero-order valence-corrected chi connectivity index (χ0v) is 10.9. The molecular weight excluding hydrogens is 252 g/mol. The van der Waals surface area contributed by atoms with Gasteiger partial charge in [0.25, 0.3) is 0 Å². The molecular formula is C13H17ClN2O2. The Hall–Kier alpha value is -0.970. The summed E-state index contributed by atoms with van der Waals surface area (Å²) in [5.74, 6) is 1.38. The first-order valence-electron chi connectivity index (χ1n) is 6.33. The van der Waals surface area contributed by atoms with Crippen LogP contribution in [0.25, 0.3) is 0 Å². The van der Waals surface area contributed by atoms with Crippen LogP contribution < -0.4 is 15.2 Å². The number of rotatable bonds is 3. The SMILES string of the molecule is NCC(c1cc(Cl)c2c(c1)OCO2)N1CCCC1. The van der Waals surface area contributed by atoms with E-state index in [1.165, 1.54) is 12.8 Å². The molecule has 1 aromatic carbocycles. The molecule has 2 aliphatic heterocycles. The van der Waals surface area contributed by atoms with E-state index in [0.717, 1.165) is 24.4 Å². The number of fused-ring (bicyclic) bond motifs is 1. The van der Waals surface area contributed by atoms with Crippen LogP contribution in [0.5, 0.6) is 11.5 Å². The number of benzene rings is 1. The number of nitrogens with zero attached hydrogens (tertiary/aromatic N) is 1. The predicted octanol–water partition coefficient (Wildman–Crippen LogP) is 2.16. The van der Waals surface area contributed by atoms with Gasteiger partial charge < -0.3 is 15.2 Å². The molecule has 0 amide bonds. The maximum atomic E-state index is 6.22. The minimum absolute atomic E-state index is 0.222. The van der Waals surface area contributed by atoms with E-state index in [-0.39, 0.29) is 12.8 Å². The van der Waals surface area contributed by atoms with Gasteiger partial charge in [0.2, 0.25) is 6.79 Å². The highest BCUT2D eigenvalue weighted by Crippen LogP contribution is 2.42. The van der Waals surface area contributed by atoms with Crippen LogP contribution in [-0.2, 0) is 0 Å². The molecule has 2 N–H and O–H groups in total. The highest BCUT2D eigenvalue weighted by Gasteiger charge is 2.26. The Bertz CT molecular complexity index is 447. The average Bonchev–Trinajstić information content (AvgIpc) is 3.00. The summed E-state index contributed by atoms with van der Waals surface area (Å²) in [5.41, 5.74) is 7.04. The van der Waals surface area contributed by atoms with Gasteiger partial charge in [0.15, 0.2) is 11.5 Å². The molecule has 0 aromatic heterocycles. The number of hydrogen-bond donors (Lipinski definition) is 1.